The van der Waals surface area contributed by atoms with Crippen LogP contribution in [-0.2, 0) is 5.54 Å². The van der Waals surface area contributed by atoms with Crippen LogP contribution in [0.5, 0.6) is 0 Å². The van der Waals surface area contributed by atoms with Crippen LogP contribution in [0.1, 0.15) is 29.4 Å². The molecule has 1 atom stereocenters. The highest BCUT2D eigenvalue weighted by Gasteiger charge is 2.32. The van der Waals surface area contributed by atoms with Crippen LogP contribution >= 0.6 is 11.8 Å². The number of thioether (sulfide) groups is 1. The van der Waals surface area contributed by atoms with Gasteiger partial charge in [-0.25, -0.2) is 4.39 Å². The third-order valence-electron chi connectivity index (χ3n) is 3.71. The van der Waals surface area contributed by atoms with Gasteiger partial charge in [-0.2, -0.15) is 4.98 Å². The fourth-order valence-electron chi connectivity index (χ4n) is 2.45. The number of aromatic nitrogens is 1. The third-order valence-corrected chi connectivity index (χ3v) is 4.50. The van der Waals surface area contributed by atoms with Crippen LogP contribution in [0.25, 0.3) is 0 Å². The van der Waals surface area contributed by atoms with Crippen molar-refractivity contribution in [3.63, 3.8) is 0 Å². The molecule has 126 valence electrons. The van der Waals surface area contributed by atoms with E-state index in [0.717, 1.165) is 12.0 Å². The number of nitrogens with one attached hydrogen (secondary N) is 1. The Morgan fingerprint density at radius 1 is 1.46 bits per heavy atom. The molecule has 0 bridgehead atoms. The van der Waals surface area contributed by atoms with E-state index in [9.17, 15) is 13.6 Å². The van der Waals surface area contributed by atoms with Crippen molar-refractivity contribution in [2.45, 2.75) is 18.9 Å². The van der Waals surface area contributed by atoms with Crippen molar-refractivity contribution in [2.24, 2.45) is 10.7 Å². The van der Waals surface area contributed by atoms with E-state index in [1.165, 1.54) is 30.0 Å². The first-order valence-corrected chi connectivity index (χ1v) is 8.06. The predicted octanol–water partition coefficient (Wildman–Crippen LogP) is 2.87. The van der Waals surface area contributed by atoms with Gasteiger partial charge in [-0.1, -0.05) is 11.8 Å². The summed E-state index contributed by atoms with van der Waals surface area (Å²) in [6, 6.07) is 4.14. The second-order valence-electron chi connectivity index (χ2n) is 5.46. The molecule has 3 N–H and O–H groups in total. The number of carbonyl (C=O) groups excluding carboxylic acids is 1. The van der Waals surface area contributed by atoms with Crippen LogP contribution in [0.4, 0.5) is 14.5 Å². The average molecular weight is 352 g/mol. The molecule has 2 heterocycles. The Labute approximate surface area is 140 Å². The van der Waals surface area contributed by atoms with E-state index in [4.69, 9.17) is 5.73 Å². The van der Waals surface area contributed by atoms with Crippen LogP contribution in [0.2, 0.25) is 0 Å². The maximum absolute atomic E-state index is 14.3. The van der Waals surface area contributed by atoms with Gasteiger partial charge in [-0.15, -0.1) is 4.39 Å². The van der Waals surface area contributed by atoms with Gasteiger partial charge < -0.3 is 15.5 Å². The largest absolute Gasteiger partial charge is 0.423 e. The van der Waals surface area contributed by atoms with Gasteiger partial charge >= 0.3 is 6.14 Å². The molecule has 0 saturated carbocycles. The number of amides is 1. The van der Waals surface area contributed by atoms with Gasteiger partial charge in [0.1, 0.15) is 12.1 Å². The first-order chi connectivity index (χ1) is 11.4. The number of benzene rings is 1. The minimum atomic E-state index is -1.10. The van der Waals surface area contributed by atoms with E-state index in [2.05, 4.69) is 19.7 Å². The van der Waals surface area contributed by atoms with Gasteiger partial charge in [0.05, 0.1) is 5.54 Å². The van der Waals surface area contributed by atoms with Crippen molar-refractivity contribution in [1.29, 1.82) is 0 Å². The Bertz CT molecular complexity index is 824. The highest BCUT2D eigenvalue weighted by atomic mass is 32.2. The summed E-state index contributed by atoms with van der Waals surface area (Å²) in [6.45, 7) is 1.79. The summed E-state index contributed by atoms with van der Waals surface area (Å²) >= 11 is 1.42. The van der Waals surface area contributed by atoms with E-state index in [1.807, 2.05) is 0 Å². The molecule has 1 aliphatic rings. The van der Waals surface area contributed by atoms with Gasteiger partial charge in [-0.05, 0) is 31.5 Å². The Morgan fingerprint density at radius 2 is 2.25 bits per heavy atom. The van der Waals surface area contributed by atoms with Gasteiger partial charge in [0.2, 0.25) is 0 Å². The summed E-state index contributed by atoms with van der Waals surface area (Å²) in [7, 11) is 0. The average Bonchev–Trinajstić information content (AvgIpc) is 2.95. The van der Waals surface area contributed by atoms with Crippen LogP contribution in [0.15, 0.2) is 33.9 Å². The van der Waals surface area contributed by atoms with Crippen molar-refractivity contribution in [3.05, 3.63) is 47.7 Å². The zero-order valence-electron chi connectivity index (χ0n) is 12.7. The van der Waals surface area contributed by atoms with Crippen LogP contribution < -0.4 is 11.1 Å². The summed E-state index contributed by atoms with van der Waals surface area (Å²) in [4.78, 5) is 19.6. The standard InChI is InChI=1S/C15H14F2N4O2S/c1-15(4-5-24-14(18)21-15)9-6-8(2-3-10(9)16)19-12(22)11-7-23-13(17)20-11/h2-3,6-7H,4-5H2,1H3,(H2,18,21)(H,19,22)/t15-/m0/s1. The molecule has 0 radical (unpaired) electrons. The lowest BCUT2D eigenvalue weighted by molar-refractivity contribution is 0.102. The molecule has 6 nitrogen and oxygen atoms in total. The molecule has 24 heavy (non-hydrogen) atoms. The number of carbonyl (C=O) groups is 1. The number of halogens is 2. The molecule has 1 aromatic heterocycles. The molecular weight excluding hydrogens is 338 g/mol. The van der Waals surface area contributed by atoms with Gasteiger partial charge in [-0.3, -0.25) is 9.79 Å². The lowest BCUT2D eigenvalue weighted by Gasteiger charge is -2.30. The normalized spacial score (nSPS) is 20.5. The van der Waals surface area contributed by atoms with Crippen LogP contribution in [0, 0.1) is 12.0 Å². The van der Waals surface area contributed by atoms with E-state index >= 15 is 0 Å². The van der Waals surface area contributed by atoms with Gasteiger partial charge in [0, 0.05) is 17.0 Å². The molecule has 0 fully saturated rings. The first-order valence-electron chi connectivity index (χ1n) is 7.08. The highest BCUT2D eigenvalue weighted by Crippen LogP contribution is 2.37. The number of amidine groups is 1. The molecule has 0 unspecified atom stereocenters. The monoisotopic (exact) mass is 352 g/mol. The second-order valence-corrected chi connectivity index (χ2v) is 6.57. The minimum Gasteiger partial charge on any atom is -0.423 e. The number of nitrogens with zero attached hydrogens (tertiary/aromatic N) is 2. The molecule has 9 heteroatoms. The Morgan fingerprint density at radius 3 is 2.92 bits per heavy atom. The number of hydrogen-bond donors (Lipinski definition) is 2. The zero-order chi connectivity index (χ0) is 17.3. The smallest absolute Gasteiger partial charge is 0.382 e. The predicted molar refractivity (Wildman–Crippen MR) is 86.9 cm³/mol. The van der Waals surface area contributed by atoms with Crippen molar-refractivity contribution < 1.29 is 18.0 Å². The van der Waals surface area contributed by atoms with Crippen LogP contribution in [0.3, 0.4) is 0 Å². The van der Waals surface area contributed by atoms with E-state index in [1.54, 1.807) is 6.92 Å². The number of rotatable bonds is 3. The number of anilines is 1. The molecule has 0 spiro atoms. The first kappa shape index (κ1) is 16.4. The lowest BCUT2D eigenvalue weighted by atomic mass is 9.89. The van der Waals surface area contributed by atoms with Crippen molar-refractivity contribution in [1.82, 2.24) is 4.98 Å². The molecular formula is C15H14F2N4O2S. The second kappa shape index (κ2) is 6.23. The summed E-state index contributed by atoms with van der Waals surface area (Å²) in [5.41, 5.74) is 5.42. The number of hydrogen-bond acceptors (Lipinski definition) is 6. The number of nitrogens with two attached hydrogens (primary N) is 1. The number of oxazole rings is 1. The van der Waals surface area contributed by atoms with Gasteiger partial charge in [0.15, 0.2) is 10.9 Å². The zero-order valence-corrected chi connectivity index (χ0v) is 13.5. The van der Waals surface area contributed by atoms with Crippen LogP contribution in [-0.4, -0.2) is 21.8 Å². The summed E-state index contributed by atoms with van der Waals surface area (Å²) in [5, 5.41) is 2.93. The van der Waals surface area contributed by atoms with Gasteiger partial charge in [0.25, 0.3) is 5.91 Å². The highest BCUT2D eigenvalue weighted by molar-refractivity contribution is 8.13. The molecule has 1 aliphatic heterocycles. The Balaban J connectivity index is 1.89. The maximum atomic E-state index is 14.3. The fourth-order valence-corrected chi connectivity index (χ4v) is 3.42. The van der Waals surface area contributed by atoms with E-state index in [-0.39, 0.29) is 5.69 Å². The molecule has 3 rings (SSSR count). The van der Waals surface area contributed by atoms with Crippen molar-refractivity contribution in [3.8, 4) is 0 Å². The summed E-state index contributed by atoms with van der Waals surface area (Å²) in [5.74, 6) is -0.376. The fraction of sp³-hybridized carbons (Fsp3) is 0.267. The van der Waals surface area contributed by atoms with Crippen molar-refractivity contribution >= 4 is 28.5 Å². The van der Waals surface area contributed by atoms with Crippen molar-refractivity contribution in [2.75, 3.05) is 11.1 Å². The minimum absolute atomic E-state index is 0.207. The third kappa shape index (κ3) is 3.25. The SMILES string of the molecule is C[C@@]1(c2cc(NC(=O)c3coc(F)n3)ccc2F)CCSC(N)=N1. The molecule has 0 aliphatic carbocycles. The maximum Gasteiger partial charge on any atom is 0.382 e. The van der Waals surface area contributed by atoms with E-state index < -0.39 is 23.4 Å². The lowest BCUT2D eigenvalue weighted by Crippen LogP contribution is -2.29. The Hall–Kier alpha value is -2.42. The molecule has 1 amide bonds. The topological polar surface area (TPSA) is 93.5 Å². The van der Waals surface area contributed by atoms with E-state index in [0.29, 0.717) is 22.8 Å². The molecule has 0 saturated heterocycles. The molecule has 1 aromatic carbocycles. The summed E-state index contributed by atoms with van der Waals surface area (Å²) < 4.78 is 31.4. The summed E-state index contributed by atoms with van der Waals surface area (Å²) in [6.07, 6.45) is 0.415. The quantitative estimate of drug-likeness (QED) is 0.886. The Kier molecular flexibility index (Phi) is 4.27. The molecule has 2 aromatic rings. The number of aliphatic imine (C=N–C) groups is 1.